The van der Waals surface area contributed by atoms with Crippen LogP contribution in [0, 0.1) is 0 Å². The number of ether oxygens (including phenoxy) is 2. The SMILES string of the molecule is COc1ccc(N=C2C(=O)c3ccccc3C(=O)C2Cl)cc1OC. The molecule has 122 valence electrons. The van der Waals surface area contributed by atoms with Crippen LogP contribution in [0.25, 0.3) is 0 Å². The van der Waals surface area contributed by atoms with E-state index in [-0.39, 0.29) is 17.3 Å². The van der Waals surface area contributed by atoms with Gasteiger partial charge in [-0.15, -0.1) is 11.6 Å². The Morgan fingerprint density at radius 2 is 1.62 bits per heavy atom. The van der Waals surface area contributed by atoms with E-state index < -0.39 is 5.38 Å². The second-order valence-electron chi connectivity index (χ2n) is 5.14. The first-order chi connectivity index (χ1) is 11.6. The smallest absolute Gasteiger partial charge is 0.209 e. The summed E-state index contributed by atoms with van der Waals surface area (Å²) in [6, 6.07) is 11.5. The first-order valence-corrected chi connectivity index (χ1v) is 7.63. The fourth-order valence-corrected chi connectivity index (χ4v) is 2.82. The third kappa shape index (κ3) is 2.67. The second-order valence-corrected chi connectivity index (χ2v) is 5.57. The third-order valence-electron chi connectivity index (χ3n) is 3.76. The van der Waals surface area contributed by atoms with Crippen LogP contribution >= 0.6 is 11.6 Å². The van der Waals surface area contributed by atoms with Gasteiger partial charge in [-0.05, 0) is 12.1 Å². The molecule has 0 aliphatic heterocycles. The van der Waals surface area contributed by atoms with Crippen molar-refractivity contribution in [3.05, 3.63) is 53.6 Å². The third-order valence-corrected chi connectivity index (χ3v) is 4.16. The molecule has 0 spiro atoms. The summed E-state index contributed by atoms with van der Waals surface area (Å²) in [5.74, 6) is 0.340. The standard InChI is InChI=1S/C18H14ClNO4/c1-23-13-8-7-10(9-14(13)24-2)20-16-15(19)17(21)11-5-3-4-6-12(11)18(16)22/h3-9,15H,1-2H3. The molecule has 0 amide bonds. The fourth-order valence-electron chi connectivity index (χ4n) is 2.55. The van der Waals surface area contributed by atoms with Crippen LogP contribution in [0.2, 0.25) is 0 Å². The second kappa shape index (κ2) is 6.45. The van der Waals surface area contributed by atoms with Gasteiger partial charge in [0.2, 0.25) is 5.78 Å². The van der Waals surface area contributed by atoms with Crippen molar-refractivity contribution in [2.75, 3.05) is 14.2 Å². The molecular formula is C18H14ClNO4. The van der Waals surface area contributed by atoms with Crippen molar-refractivity contribution in [1.29, 1.82) is 0 Å². The summed E-state index contributed by atoms with van der Waals surface area (Å²) < 4.78 is 10.4. The average Bonchev–Trinajstić information content (AvgIpc) is 2.63. The summed E-state index contributed by atoms with van der Waals surface area (Å²) in [6.45, 7) is 0. The van der Waals surface area contributed by atoms with Gasteiger partial charge in [0.25, 0.3) is 0 Å². The first kappa shape index (κ1) is 16.2. The van der Waals surface area contributed by atoms with Crippen LogP contribution < -0.4 is 9.47 Å². The lowest BCUT2D eigenvalue weighted by Gasteiger charge is -2.19. The van der Waals surface area contributed by atoms with Crippen molar-refractivity contribution in [3.63, 3.8) is 0 Å². The lowest BCUT2D eigenvalue weighted by molar-refractivity contribution is 0.0968. The van der Waals surface area contributed by atoms with Crippen LogP contribution in [0.15, 0.2) is 47.5 Å². The highest BCUT2D eigenvalue weighted by molar-refractivity contribution is 6.65. The van der Waals surface area contributed by atoms with E-state index in [1.165, 1.54) is 14.2 Å². The zero-order valence-electron chi connectivity index (χ0n) is 13.1. The number of rotatable bonds is 3. The van der Waals surface area contributed by atoms with Gasteiger partial charge in [-0.3, -0.25) is 9.59 Å². The molecule has 5 nitrogen and oxygen atoms in total. The van der Waals surface area contributed by atoms with Crippen LogP contribution in [-0.4, -0.2) is 36.9 Å². The molecule has 0 heterocycles. The maximum absolute atomic E-state index is 12.6. The number of benzene rings is 2. The normalized spacial score (nSPS) is 18.5. The van der Waals surface area contributed by atoms with Crippen LogP contribution in [-0.2, 0) is 0 Å². The van der Waals surface area contributed by atoms with E-state index in [1.807, 2.05) is 0 Å². The number of hydrogen-bond donors (Lipinski definition) is 0. The molecule has 6 heteroatoms. The Balaban J connectivity index is 2.07. The van der Waals surface area contributed by atoms with Gasteiger partial charge in [-0.2, -0.15) is 0 Å². The van der Waals surface area contributed by atoms with E-state index in [0.29, 0.717) is 28.3 Å². The highest BCUT2D eigenvalue weighted by Crippen LogP contribution is 2.32. The van der Waals surface area contributed by atoms with Gasteiger partial charge in [0.15, 0.2) is 17.3 Å². The number of carbonyl (C=O) groups excluding carboxylic acids is 2. The van der Waals surface area contributed by atoms with Gasteiger partial charge in [0.05, 0.1) is 19.9 Å². The fraction of sp³-hybridized carbons (Fsp3) is 0.167. The number of aliphatic imine (C=N–C) groups is 1. The highest BCUT2D eigenvalue weighted by Gasteiger charge is 2.37. The van der Waals surface area contributed by atoms with Gasteiger partial charge >= 0.3 is 0 Å². The van der Waals surface area contributed by atoms with E-state index in [0.717, 1.165) is 0 Å². The van der Waals surface area contributed by atoms with Gasteiger partial charge < -0.3 is 9.47 Å². The van der Waals surface area contributed by atoms with Gasteiger partial charge in [-0.1, -0.05) is 24.3 Å². The van der Waals surface area contributed by atoms with Crippen molar-refractivity contribution < 1.29 is 19.1 Å². The Morgan fingerprint density at radius 3 is 2.29 bits per heavy atom. The molecule has 24 heavy (non-hydrogen) atoms. The average molecular weight is 344 g/mol. The number of nitrogens with zero attached hydrogens (tertiary/aromatic N) is 1. The number of Topliss-reactive ketones (excluding diaryl/α,β-unsaturated/α-hetero) is 2. The van der Waals surface area contributed by atoms with E-state index in [1.54, 1.807) is 42.5 Å². The Labute approximate surface area is 143 Å². The van der Waals surface area contributed by atoms with Crippen molar-refractivity contribution in [1.82, 2.24) is 0 Å². The molecule has 0 aromatic heterocycles. The van der Waals surface area contributed by atoms with Crippen LogP contribution in [0.1, 0.15) is 20.7 Å². The summed E-state index contributed by atoms with van der Waals surface area (Å²) in [4.78, 5) is 29.3. The predicted octanol–water partition coefficient (Wildman–Crippen LogP) is 3.46. The number of halogens is 1. The molecule has 0 fully saturated rings. The summed E-state index contributed by atoms with van der Waals surface area (Å²) in [7, 11) is 3.03. The van der Waals surface area contributed by atoms with Crippen molar-refractivity contribution in [2.45, 2.75) is 5.38 Å². The minimum absolute atomic E-state index is 0.00702. The monoisotopic (exact) mass is 343 g/mol. The summed E-state index contributed by atoms with van der Waals surface area (Å²) >= 11 is 6.18. The number of hydrogen-bond acceptors (Lipinski definition) is 5. The van der Waals surface area contributed by atoms with Crippen LogP contribution in [0.4, 0.5) is 5.69 Å². The Kier molecular flexibility index (Phi) is 4.36. The Hall–Kier alpha value is -2.66. The van der Waals surface area contributed by atoms with Crippen molar-refractivity contribution >= 4 is 34.6 Å². The molecule has 1 atom stereocenters. The Bertz CT molecular complexity index is 860. The highest BCUT2D eigenvalue weighted by atomic mass is 35.5. The molecule has 0 saturated heterocycles. The molecule has 0 N–H and O–H groups in total. The summed E-state index contributed by atoms with van der Waals surface area (Å²) in [6.07, 6.45) is 0. The zero-order chi connectivity index (χ0) is 17.3. The van der Waals surface area contributed by atoms with Gasteiger partial charge in [-0.25, -0.2) is 4.99 Å². The topological polar surface area (TPSA) is 65.0 Å². The summed E-state index contributed by atoms with van der Waals surface area (Å²) in [5, 5.41) is -1.11. The van der Waals surface area contributed by atoms with E-state index in [4.69, 9.17) is 21.1 Å². The largest absolute Gasteiger partial charge is 0.493 e. The van der Waals surface area contributed by atoms with Crippen molar-refractivity contribution in [2.24, 2.45) is 4.99 Å². The maximum Gasteiger partial charge on any atom is 0.209 e. The van der Waals surface area contributed by atoms with Gasteiger partial charge in [0.1, 0.15) is 11.1 Å². The number of methoxy groups -OCH3 is 2. The number of alkyl halides is 1. The van der Waals surface area contributed by atoms with Crippen molar-refractivity contribution in [3.8, 4) is 11.5 Å². The molecular weight excluding hydrogens is 330 g/mol. The molecule has 1 unspecified atom stereocenters. The molecule has 2 aromatic rings. The van der Waals surface area contributed by atoms with Crippen LogP contribution in [0.3, 0.4) is 0 Å². The lowest BCUT2D eigenvalue weighted by atomic mass is 9.88. The molecule has 1 aliphatic carbocycles. The van der Waals surface area contributed by atoms with E-state index in [9.17, 15) is 9.59 Å². The number of carbonyl (C=O) groups is 2. The molecule has 2 aromatic carbocycles. The molecule has 1 aliphatic rings. The number of fused-ring (bicyclic) bond motifs is 1. The molecule has 0 radical (unpaired) electrons. The lowest BCUT2D eigenvalue weighted by Crippen LogP contribution is -2.37. The first-order valence-electron chi connectivity index (χ1n) is 7.19. The quantitative estimate of drug-likeness (QED) is 0.800. The van der Waals surface area contributed by atoms with Crippen LogP contribution in [0.5, 0.6) is 11.5 Å². The predicted molar refractivity (Wildman–Crippen MR) is 91.4 cm³/mol. The zero-order valence-corrected chi connectivity index (χ0v) is 13.8. The molecule has 0 bridgehead atoms. The molecule has 3 rings (SSSR count). The maximum atomic E-state index is 12.6. The van der Waals surface area contributed by atoms with E-state index in [2.05, 4.69) is 4.99 Å². The minimum atomic E-state index is -1.11. The summed E-state index contributed by atoms with van der Waals surface area (Å²) in [5.41, 5.74) is 1.11. The van der Waals surface area contributed by atoms with E-state index >= 15 is 0 Å². The van der Waals surface area contributed by atoms with Gasteiger partial charge in [0, 0.05) is 17.2 Å². The Morgan fingerprint density at radius 1 is 0.958 bits per heavy atom. The molecule has 0 saturated carbocycles. The minimum Gasteiger partial charge on any atom is -0.493 e. The number of ketones is 2.